The minimum atomic E-state index is 0.254. The molecule has 0 bridgehead atoms. The molecule has 22 heavy (non-hydrogen) atoms. The largest absolute Gasteiger partial charge is 0.306 e. The predicted octanol–water partition coefficient (Wildman–Crippen LogP) is 3.94. The Morgan fingerprint density at radius 3 is 2.32 bits per heavy atom. The van der Waals surface area contributed by atoms with Crippen molar-refractivity contribution in [2.45, 2.75) is 57.9 Å². The van der Waals surface area contributed by atoms with Crippen LogP contribution in [0.1, 0.15) is 51.2 Å². The van der Waals surface area contributed by atoms with Crippen LogP contribution in [0.4, 0.5) is 0 Å². The highest BCUT2D eigenvalue weighted by atomic mass is 15.1. The van der Waals surface area contributed by atoms with Gasteiger partial charge in [-0.2, -0.15) is 0 Å². The van der Waals surface area contributed by atoms with Gasteiger partial charge in [0.25, 0.3) is 0 Å². The normalized spacial score (nSPS) is 21.1. The Bertz CT molecular complexity index is 442. The number of hydrogen-bond donors (Lipinski definition) is 0. The van der Waals surface area contributed by atoms with Crippen molar-refractivity contribution in [1.82, 2.24) is 9.80 Å². The molecule has 0 saturated carbocycles. The number of rotatable bonds is 4. The first-order chi connectivity index (χ1) is 10.4. The van der Waals surface area contributed by atoms with Crippen molar-refractivity contribution < 1.29 is 0 Å². The van der Waals surface area contributed by atoms with Gasteiger partial charge in [0.05, 0.1) is 0 Å². The van der Waals surface area contributed by atoms with E-state index in [2.05, 4.69) is 68.9 Å². The first-order valence-corrected chi connectivity index (χ1v) is 8.84. The molecule has 1 aliphatic heterocycles. The Hall–Kier alpha value is -0.860. The third-order valence-corrected chi connectivity index (χ3v) is 5.06. The molecule has 0 spiro atoms. The van der Waals surface area contributed by atoms with E-state index in [0.717, 1.165) is 6.04 Å². The summed E-state index contributed by atoms with van der Waals surface area (Å²) in [5.74, 6) is 0. The maximum absolute atomic E-state index is 2.65. The van der Waals surface area contributed by atoms with Crippen LogP contribution in [-0.4, -0.2) is 49.6 Å². The highest BCUT2D eigenvalue weighted by molar-refractivity contribution is 5.27. The zero-order valence-electron chi connectivity index (χ0n) is 15.2. The van der Waals surface area contributed by atoms with E-state index < -0.39 is 0 Å². The molecular weight excluding hydrogens is 268 g/mol. The second kappa shape index (κ2) is 7.61. The zero-order valence-corrected chi connectivity index (χ0v) is 15.2. The van der Waals surface area contributed by atoms with Crippen molar-refractivity contribution in [3.05, 3.63) is 35.4 Å². The van der Waals surface area contributed by atoms with Gasteiger partial charge < -0.3 is 9.80 Å². The Morgan fingerprint density at radius 1 is 1.05 bits per heavy atom. The number of likely N-dealkylation sites (tertiary alicyclic amines) is 1. The molecule has 1 saturated heterocycles. The summed E-state index contributed by atoms with van der Waals surface area (Å²) in [6, 6.07) is 10.0. The van der Waals surface area contributed by atoms with Crippen molar-refractivity contribution >= 4 is 0 Å². The van der Waals surface area contributed by atoms with E-state index in [1.54, 1.807) is 0 Å². The van der Waals surface area contributed by atoms with Gasteiger partial charge in [0, 0.05) is 12.6 Å². The standard InChI is InChI=1S/C20H34N2/c1-20(2,3)18-10-8-17(9-11-18)12-15-22-14-6-7-19(13-16-22)21(4)5/h8-11,19H,6-7,12-16H2,1-5H3. The summed E-state index contributed by atoms with van der Waals surface area (Å²) < 4.78 is 0. The monoisotopic (exact) mass is 302 g/mol. The van der Waals surface area contributed by atoms with Crippen LogP contribution in [0.25, 0.3) is 0 Å². The quantitative estimate of drug-likeness (QED) is 0.831. The first kappa shape index (κ1) is 17.5. The van der Waals surface area contributed by atoms with Crippen LogP contribution < -0.4 is 0 Å². The smallest absolute Gasteiger partial charge is 0.0102 e. The van der Waals surface area contributed by atoms with Crippen LogP contribution in [0.3, 0.4) is 0 Å². The molecule has 1 unspecified atom stereocenters. The zero-order chi connectivity index (χ0) is 16.2. The molecular formula is C20H34N2. The van der Waals surface area contributed by atoms with E-state index in [0.29, 0.717) is 0 Å². The van der Waals surface area contributed by atoms with Gasteiger partial charge in [-0.3, -0.25) is 0 Å². The van der Waals surface area contributed by atoms with Crippen LogP contribution >= 0.6 is 0 Å². The Morgan fingerprint density at radius 2 is 1.73 bits per heavy atom. The molecule has 1 aromatic rings. The molecule has 1 aromatic carbocycles. The van der Waals surface area contributed by atoms with E-state index in [-0.39, 0.29) is 5.41 Å². The number of hydrogen-bond acceptors (Lipinski definition) is 2. The van der Waals surface area contributed by atoms with Gasteiger partial charge in [-0.05, 0) is 69.4 Å². The van der Waals surface area contributed by atoms with Crippen molar-refractivity contribution in [2.24, 2.45) is 0 Å². The fourth-order valence-corrected chi connectivity index (χ4v) is 3.34. The van der Waals surface area contributed by atoms with E-state index in [1.807, 2.05) is 0 Å². The van der Waals surface area contributed by atoms with Gasteiger partial charge in [0.15, 0.2) is 0 Å². The molecule has 0 aromatic heterocycles. The topological polar surface area (TPSA) is 6.48 Å². The molecule has 2 heteroatoms. The van der Waals surface area contributed by atoms with Gasteiger partial charge >= 0.3 is 0 Å². The molecule has 0 amide bonds. The Balaban J connectivity index is 1.83. The van der Waals surface area contributed by atoms with E-state index in [1.165, 1.54) is 56.4 Å². The molecule has 2 nitrogen and oxygen atoms in total. The first-order valence-electron chi connectivity index (χ1n) is 8.84. The Kier molecular flexibility index (Phi) is 6.05. The van der Waals surface area contributed by atoms with Crippen LogP contribution in [-0.2, 0) is 11.8 Å². The third kappa shape index (κ3) is 5.10. The number of nitrogens with zero attached hydrogens (tertiary/aromatic N) is 2. The molecule has 1 heterocycles. The van der Waals surface area contributed by atoms with Crippen LogP contribution in [0.5, 0.6) is 0 Å². The molecule has 1 fully saturated rings. The van der Waals surface area contributed by atoms with Crippen LogP contribution in [0, 0.1) is 0 Å². The van der Waals surface area contributed by atoms with E-state index in [9.17, 15) is 0 Å². The second-order valence-electron chi connectivity index (χ2n) is 8.09. The molecule has 124 valence electrons. The van der Waals surface area contributed by atoms with Gasteiger partial charge in [0.2, 0.25) is 0 Å². The molecule has 1 atom stereocenters. The average molecular weight is 303 g/mol. The lowest BCUT2D eigenvalue weighted by Gasteiger charge is -2.23. The minimum absolute atomic E-state index is 0.254. The maximum atomic E-state index is 2.65. The molecule has 1 aliphatic rings. The summed E-state index contributed by atoms with van der Waals surface area (Å²) in [6.45, 7) is 10.6. The summed E-state index contributed by atoms with van der Waals surface area (Å²) in [5.41, 5.74) is 3.16. The highest BCUT2D eigenvalue weighted by Gasteiger charge is 2.18. The lowest BCUT2D eigenvalue weighted by molar-refractivity contribution is 0.250. The van der Waals surface area contributed by atoms with Crippen LogP contribution in [0.2, 0.25) is 0 Å². The minimum Gasteiger partial charge on any atom is -0.306 e. The SMILES string of the molecule is CN(C)C1CCCN(CCc2ccc(C(C)(C)C)cc2)CC1. The van der Waals surface area contributed by atoms with Gasteiger partial charge in [-0.1, -0.05) is 45.0 Å². The number of benzene rings is 1. The summed E-state index contributed by atoms with van der Waals surface area (Å²) in [7, 11) is 4.44. The fraction of sp³-hybridized carbons (Fsp3) is 0.700. The summed E-state index contributed by atoms with van der Waals surface area (Å²) in [6.07, 6.45) is 5.18. The van der Waals surface area contributed by atoms with E-state index in [4.69, 9.17) is 0 Å². The molecule has 0 aliphatic carbocycles. The second-order valence-corrected chi connectivity index (χ2v) is 8.09. The highest BCUT2D eigenvalue weighted by Crippen LogP contribution is 2.22. The average Bonchev–Trinajstić information content (AvgIpc) is 2.70. The third-order valence-electron chi connectivity index (χ3n) is 5.06. The van der Waals surface area contributed by atoms with Crippen molar-refractivity contribution in [3.63, 3.8) is 0 Å². The van der Waals surface area contributed by atoms with Crippen molar-refractivity contribution in [1.29, 1.82) is 0 Å². The lowest BCUT2D eigenvalue weighted by atomic mass is 9.86. The lowest BCUT2D eigenvalue weighted by Crippen LogP contribution is -2.31. The summed E-state index contributed by atoms with van der Waals surface area (Å²) in [4.78, 5) is 5.05. The maximum Gasteiger partial charge on any atom is 0.0102 e. The van der Waals surface area contributed by atoms with Crippen molar-refractivity contribution in [2.75, 3.05) is 33.7 Å². The summed E-state index contributed by atoms with van der Waals surface area (Å²) >= 11 is 0. The van der Waals surface area contributed by atoms with Gasteiger partial charge in [-0.25, -0.2) is 0 Å². The molecule has 0 radical (unpaired) electrons. The van der Waals surface area contributed by atoms with Gasteiger partial charge in [0.1, 0.15) is 0 Å². The van der Waals surface area contributed by atoms with Crippen molar-refractivity contribution in [3.8, 4) is 0 Å². The van der Waals surface area contributed by atoms with Crippen LogP contribution in [0.15, 0.2) is 24.3 Å². The molecule has 0 N–H and O–H groups in total. The fourth-order valence-electron chi connectivity index (χ4n) is 3.34. The Labute approximate surface area is 137 Å². The molecule has 2 rings (SSSR count). The van der Waals surface area contributed by atoms with Gasteiger partial charge in [-0.15, -0.1) is 0 Å². The van der Waals surface area contributed by atoms with E-state index >= 15 is 0 Å². The predicted molar refractivity (Wildman–Crippen MR) is 96.6 cm³/mol. The summed E-state index contributed by atoms with van der Waals surface area (Å²) in [5, 5.41) is 0.